The Kier molecular flexibility index (Phi) is 3.27. The number of carbonyl (C=O) groups is 1. The van der Waals surface area contributed by atoms with Gasteiger partial charge in [0.1, 0.15) is 5.52 Å². The fourth-order valence-electron chi connectivity index (χ4n) is 2.55. The minimum atomic E-state index is -1.04. The summed E-state index contributed by atoms with van der Waals surface area (Å²) in [5, 5.41) is 13.2. The number of ether oxygens (including phenoxy) is 1. The molecule has 1 aliphatic rings. The SMILES string of the molecule is CN(CC1CCOC1)c1ncc(C(=O)O)n2nccc12. The third-order valence-corrected chi connectivity index (χ3v) is 3.55. The van der Waals surface area contributed by atoms with Crippen molar-refractivity contribution in [3.05, 3.63) is 24.2 Å². The third-order valence-electron chi connectivity index (χ3n) is 3.55. The van der Waals surface area contributed by atoms with Crippen molar-refractivity contribution in [2.24, 2.45) is 5.92 Å². The molecule has 2 aromatic rings. The van der Waals surface area contributed by atoms with Gasteiger partial charge in [0.25, 0.3) is 0 Å². The first-order valence-electron chi connectivity index (χ1n) is 6.51. The standard InChI is InChI=1S/C13H16N4O3/c1-16(7-9-3-5-20-8-9)12-10-2-4-15-17(10)11(6-14-12)13(18)19/h2,4,6,9H,3,5,7-8H2,1H3,(H,18,19). The molecule has 106 valence electrons. The summed E-state index contributed by atoms with van der Waals surface area (Å²) in [5.74, 6) is 0.188. The molecule has 0 spiro atoms. The second-order valence-corrected chi connectivity index (χ2v) is 5.01. The van der Waals surface area contributed by atoms with Crippen molar-refractivity contribution in [2.45, 2.75) is 6.42 Å². The van der Waals surface area contributed by atoms with Crippen LogP contribution in [0.4, 0.5) is 5.82 Å². The molecule has 0 aliphatic carbocycles. The van der Waals surface area contributed by atoms with E-state index in [0.29, 0.717) is 11.4 Å². The molecule has 1 unspecified atom stereocenters. The summed E-state index contributed by atoms with van der Waals surface area (Å²) in [4.78, 5) is 17.5. The van der Waals surface area contributed by atoms with E-state index in [1.54, 1.807) is 12.3 Å². The smallest absolute Gasteiger partial charge is 0.356 e. The summed E-state index contributed by atoms with van der Waals surface area (Å²) in [7, 11) is 1.95. The van der Waals surface area contributed by atoms with E-state index in [-0.39, 0.29) is 5.69 Å². The van der Waals surface area contributed by atoms with Gasteiger partial charge in [-0.2, -0.15) is 5.10 Å². The Hall–Kier alpha value is -2.15. The first-order chi connectivity index (χ1) is 9.66. The fraction of sp³-hybridized carbons (Fsp3) is 0.462. The van der Waals surface area contributed by atoms with Crippen molar-refractivity contribution in [3.63, 3.8) is 0 Å². The summed E-state index contributed by atoms with van der Waals surface area (Å²) in [6.07, 6.45) is 3.98. The quantitative estimate of drug-likeness (QED) is 0.893. The number of carboxylic acid groups (broad SMARTS) is 1. The van der Waals surface area contributed by atoms with Crippen molar-refractivity contribution in [3.8, 4) is 0 Å². The third kappa shape index (κ3) is 2.20. The molecule has 3 heterocycles. The first-order valence-corrected chi connectivity index (χ1v) is 6.51. The Bertz CT molecular complexity index is 634. The number of rotatable bonds is 4. The number of hydrogen-bond donors (Lipinski definition) is 1. The molecule has 1 saturated heterocycles. The molecule has 0 bridgehead atoms. The molecule has 0 amide bonds. The summed E-state index contributed by atoms with van der Waals surface area (Å²) in [6.45, 7) is 2.42. The Labute approximate surface area is 115 Å². The van der Waals surface area contributed by atoms with E-state index in [1.165, 1.54) is 10.7 Å². The van der Waals surface area contributed by atoms with Gasteiger partial charge in [0.15, 0.2) is 11.5 Å². The Morgan fingerprint density at radius 2 is 2.50 bits per heavy atom. The van der Waals surface area contributed by atoms with E-state index in [0.717, 1.165) is 32.0 Å². The number of aromatic nitrogens is 3. The van der Waals surface area contributed by atoms with E-state index in [1.807, 2.05) is 11.9 Å². The number of carboxylic acids is 1. The number of anilines is 1. The lowest BCUT2D eigenvalue weighted by Gasteiger charge is -2.22. The predicted octanol–water partition coefficient (Wildman–Crippen LogP) is 0.900. The van der Waals surface area contributed by atoms with Crippen LogP contribution < -0.4 is 4.90 Å². The Balaban J connectivity index is 1.93. The van der Waals surface area contributed by atoms with Crippen LogP contribution in [-0.2, 0) is 4.74 Å². The lowest BCUT2D eigenvalue weighted by atomic mass is 10.1. The van der Waals surface area contributed by atoms with Crippen molar-refractivity contribution < 1.29 is 14.6 Å². The van der Waals surface area contributed by atoms with E-state index >= 15 is 0 Å². The fourth-order valence-corrected chi connectivity index (χ4v) is 2.55. The molecular formula is C13H16N4O3. The van der Waals surface area contributed by atoms with E-state index in [9.17, 15) is 4.79 Å². The van der Waals surface area contributed by atoms with Crippen LogP contribution in [0.1, 0.15) is 16.9 Å². The van der Waals surface area contributed by atoms with Crippen LogP contribution in [0.3, 0.4) is 0 Å². The summed E-state index contributed by atoms with van der Waals surface area (Å²) in [5.41, 5.74) is 0.762. The van der Waals surface area contributed by atoms with Crippen molar-refractivity contribution in [1.82, 2.24) is 14.6 Å². The Morgan fingerprint density at radius 1 is 1.65 bits per heavy atom. The zero-order valence-electron chi connectivity index (χ0n) is 11.2. The molecular weight excluding hydrogens is 260 g/mol. The van der Waals surface area contributed by atoms with Gasteiger partial charge >= 0.3 is 5.97 Å². The van der Waals surface area contributed by atoms with Crippen LogP contribution in [-0.4, -0.2) is 52.5 Å². The average Bonchev–Trinajstić information content (AvgIpc) is 3.07. The molecule has 1 atom stereocenters. The lowest BCUT2D eigenvalue weighted by molar-refractivity contribution is 0.0687. The molecule has 1 aliphatic heterocycles. The molecule has 20 heavy (non-hydrogen) atoms. The summed E-state index contributed by atoms with van der Waals surface area (Å²) >= 11 is 0. The van der Waals surface area contributed by atoms with E-state index < -0.39 is 5.97 Å². The van der Waals surface area contributed by atoms with Gasteiger partial charge in [0, 0.05) is 26.1 Å². The van der Waals surface area contributed by atoms with Crippen LogP contribution in [0, 0.1) is 5.92 Å². The molecule has 0 aromatic carbocycles. The van der Waals surface area contributed by atoms with Gasteiger partial charge in [-0.25, -0.2) is 14.3 Å². The minimum absolute atomic E-state index is 0.0614. The maximum atomic E-state index is 11.1. The van der Waals surface area contributed by atoms with Crippen molar-refractivity contribution in [1.29, 1.82) is 0 Å². The van der Waals surface area contributed by atoms with Gasteiger partial charge < -0.3 is 14.7 Å². The minimum Gasteiger partial charge on any atom is -0.476 e. The molecule has 1 N–H and O–H groups in total. The number of fused-ring (bicyclic) bond motifs is 1. The molecule has 2 aromatic heterocycles. The van der Waals surface area contributed by atoms with Gasteiger partial charge in [0.2, 0.25) is 0 Å². The van der Waals surface area contributed by atoms with Crippen LogP contribution in [0.15, 0.2) is 18.5 Å². The molecule has 7 nitrogen and oxygen atoms in total. The van der Waals surface area contributed by atoms with Crippen LogP contribution in [0.2, 0.25) is 0 Å². The highest BCUT2D eigenvalue weighted by molar-refractivity contribution is 5.87. The maximum Gasteiger partial charge on any atom is 0.356 e. The van der Waals surface area contributed by atoms with Gasteiger partial charge in [-0.3, -0.25) is 0 Å². The molecule has 0 saturated carbocycles. The van der Waals surface area contributed by atoms with Gasteiger partial charge in [0.05, 0.1) is 19.0 Å². The highest BCUT2D eigenvalue weighted by Crippen LogP contribution is 2.22. The van der Waals surface area contributed by atoms with Gasteiger partial charge in [-0.15, -0.1) is 0 Å². The van der Waals surface area contributed by atoms with Crippen molar-refractivity contribution in [2.75, 3.05) is 31.7 Å². The molecule has 3 rings (SSSR count). The largest absolute Gasteiger partial charge is 0.476 e. The summed E-state index contributed by atoms with van der Waals surface area (Å²) < 4.78 is 6.78. The number of aromatic carboxylic acids is 1. The predicted molar refractivity (Wildman–Crippen MR) is 72.1 cm³/mol. The average molecular weight is 276 g/mol. The van der Waals surface area contributed by atoms with Crippen LogP contribution in [0.25, 0.3) is 5.52 Å². The topological polar surface area (TPSA) is 80.0 Å². The zero-order chi connectivity index (χ0) is 14.1. The monoisotopic (exact) mass is 276 g/mol. The van der Waals surface area contributed by atoms with E-state index in [4.69, 9.17) is 9.84 Å². The maximum absolute atomic E-state index is 11.1. The van der Waals surface area contributed by atoms with Crippen LogP contribution >= 0.6 is 0 Å². The van der Waals surface area contributed by atoms with E-state index in [2.05, 4.69) is 10.1 Å². The molecule has 1 fully saturated rings. The summed E-state index contributed by atoms with van der Waals surface area (Å²) in [6, 6.07) is 1.77. The number of hydrogen-bond acceptors (Lipinski definition) is 5. The van der Waals surface area contributed by atoms with Gasteiger partial charge in [-0.05, 0) is 12.5 Å². The molecule has 0 radical (unpaired) electrons. The molecule has 7 heteroatoms. The lowest BCUT2D eigenvalue weighted by Crippen LogP contribution is -2.27. The zero-order valence-corrected chi connectivity index (χ0v) is 11.2. The first kappa shape index (κ1) is 12.9. The van der Waals surface area contributed by atoms with Crippen molar-refractivity contribution >= 4 is 17.3 Å². The number of nitrogens with zero attached hydrogens (tertiary/aromatic N) is 4. The van der Waals surface area contributed by atoms with Gasteiger partial charge in [-0.1, -0.05) is 0 Å². The Morgan fingerprint density at radius 3 is 3.20 bits per heavy atom. The van der Waals surface area contributed by atoms with Crippen LogP contribution in [0.5, 0.6) is 0 Å². The highest BCUT2D eigenvalue weighted by atomic mass is 16.5. The second-order valence-electron chi connectivity index (χ2n) is 5.01. The second kappa shape index (κ2) is 5.09. The highest BCUT2D eigenvalue weighted by Gasteiger charge is 2.21. The normalized spacial score (nSPS) is 18.6.